The predicted octanol–water partition coefficient (Wildman–Crippen LogP) is 14.0. The lowest BCUT2D eigenvalue weighted by atomic mass is 10.0. The molecule has 0 radical (unpaired) electrons. The maximum Gasteiger partial charge on any atom is 0.227 e. The molecule has 0 unspecified atom stereocenters. The summed E-state index contributed by atoms with van der Waals surface area (Å²) in [6, 6.07) is 71.0. The lowest BCUT2D eigenvalue weighted by Crippen LogP contribution is -2.10. The van der Waals surface area contributed by atoms with Crippen LogP contribution in [-0.4, -0.2) is 9.55 Å². The molecule has 55 heavy (non-hydrogen) atoms. The molecule has 258 valence electrons. The highest BCUT2D eigenvalue weighted by Gasteiger charge is 2.18. The first-order valence-electron chi connectivity index (χ1n) is 18.6. The quantitative estimate of drug-likeness (QED) is 0.162. The van der Waals surface area contributed by atoms with Gasteiger partial charge in [0.1, 0.15) is 5.52 Å². The molecule has 4 nitrogen and oxygen atoms in total. The predicted molar refractivity (Wildman–Crippen MR) is 229 cm³/mol. The second kappa shape index (κ2) is 12.6. The van der Waals surface area contributed by atoms with Crippen molar-refractivity contribution in [1.82, 2.24) is 9.55 Å². The summed E-state index contributed by atoms with van der Waals surface area (Å²) >= 11 is 0. The van der Waals surface area contributed by atoms with Crippen molar-refractivity contribution < 1.29 is 4.42 Å². The number of hydrogen-bond donors (Lipinski definition) is 0. The SMILES string of the molecule is c1ccc(-c2cccc(N(c3ccc(-c4nc5ccc6c7ccccc7ccc6c5o4)cc3)c3ccc(-n4c5ccccc5c5ccccc54)cc3)c2)cc1. The van der Waals surface area contributed by atoms with Crippen molar-refractivity contribution in [2.45, 2.75) is 0 Å². The van der Waals surface area contributed by atoms with Crippen LogP contribution >= 0.6 is 0 Å². The van der Waals surface area contributed by atoms with Gasteiger partial charge in [0.25, 0.3) is 0 Å². The molecule has 0 amide bonds. The Hall–Kier alpha value is -7.43. The molecular weight excluding hydrogens is 671 g/mol. The summed E-state index contributed by atoms with van der Waals surface area (Å²) in [4.78, 5) is 7.26. The van der Waals surface area contributed by atoms with Crippen LogP contribution in [0.15, 0.2) is 205 Å². The molecule has 0 fully saturated rings. The lowest BCUT2D eigenvalue weighted by molar-refractivity contribution is 0.623. The van der Waals surface area contributed by atoms with Crippen molar-refractivity contribution in [3.8, 4) is 28.3 Å². The summed E-state index contributed by atoms with van der Waals surface area (Å²) in [6.45, 7) is 0. The summed E-state index contributed by atoms with van der Waals surface area (Å²) in [5.41, 5.74) is 11.6. The molecule has 0 saturated carbocycles. The van der Waals surface area contributed by atoms with Gasteiger partial charge in [-0.15, -0.1) is 0 Å². The first-order valence-corrected chi connectivity index (χ1v) is 18.6. The van der Waals surface area contributed by atoms with E-state index in [0.717, 1.165) is 50.4 Å². The number of hydrogen-bond acceptors (Lipinski definition) is 3. The minimum absolute atomic E-state index is 0.607. The Morgan fingerprint density at radius 2 is 1.02 bits per heavy atom. The highest BCUT2D eigenvalue weighted by molar-refractivity contribution is 6.15. The van der Waals surface area contributed by atoms with E-state index in [4.69, 9.17) is 9.40 Å². The van der Waals surface area contributed by atoms with Crippen LogP contribution in [0.5, 0.6) is 0 Å². The van der Waals surface area contributed by atoms with Crippen molar-refractivity contribution >= 4 is 71.5 Å². The first-order chi connectivity index (χ1) is 27.3. The molecular formula is C51H33N3O. The molecule has 4 heteroatoms. The summed E-state index contributed by atoms with van der Waals surface area (Å²) in [6.07, 6.45) is 0. The number of rotatable bonds is 6. The van der Waals surface area contributed by atoms with E-state index < -0.39 is 0 Å². The van der Waals surface area contributed by atoms with Crippen LogP contribution in [0.3, 0.4) is 0 Å². The Morgan fingerprint density at radius 3 is 1.76 bits per heavy atom. The fourth-order valence-corrected chi connectivity index (χ4v) is 8.20. The van der Waals surface area contributed by atoms with E-state index in [2.05, 4.69) is 210 Å². The molecule has 0 saturated heterocycles. The molecule has 0 bridgehead atoms. The number of aromatic nitrogens is 2. The van der Waals surface area contributed by atoms with Gasteiger partial charge >= 0.3 is 0 Å². The smallest absolute Gasteiger partial charge is 0.227 e. The molecule has 0 spiro atoms. The van der Waals surface area contributed by atoms with Crippen LogP contribution in [-0.2, 0) is 0 Å². The molecule has 2 heterocycles. The maximum atomic E-state index is 6.53. The maximum absolute atomic E-state index is 6.53. The average molecular weight is 704 g/mol. The summed E-state index contributed by atoms with van der Waals surface area (Å²) in [5.74, 6) is 0.607. The first kappa shape index (κ1) is 31.1. The van der Waals surface area contributed by atoms with Gasteiger partial charge in [-0.2, -0.15) is 0 Å². The fraction of sp³-hybridized carbons (Fsp3) is 0. The highest BCUT2D eigenvalue weighted by atomic mass is 16.3. The Labute approximate surface area is 317 Å². The Morgan fingerprint density at radius 1 is 0.400 bits per heavy atom. The molecule has 0 N–H and O–H groups in total. The average Bonchev–Trinajstić information content (AvgIpc) is 3.85. The third-order valence-corrected chi connectivity index (χ3v) is 10.8. The molecule has 0 aliphatic carbocycles. The zero-order valence-corrected chi connectivity index (χ0v) is 29.8. The normalized spacial score (nSPS) is 11.6. The van der Waals surface area contributed by atoms with Crippen LogP contribution in [0.2, 0.25) is 0 Å². The standard InChI is InChI=1S/C51H33N3O/c1-2-11-34(12-3-1)37-14-10-15-41(33-37)53(39-26-28-40(29-27-39)54-48-19-8-6-17-44(48)45-18-7-9-20-49(45)54)38-24-21-36(22-25-38)51-52-47-32-31-43-42-16-5-4-13-35(42)23-30-46(43)50(47)55-51/h1-33H. The van der Waals surface area contributed by atoms with Gasteiger partial charge in [-0.1, -0.05) is 115 Å². The van der Waals surface area contributed by atoms with Gasteiger partial charge in [-0.05, 0) is 112 Å². The topological polar surface area (TPSA) is 34.2 Å². The van der Waals surface area contributed by atoms with Gasteiger partial charge in [0.2, 0.25) is 5.89 Å². The molecule has 11 rings (SSSR count). The Kier molecular flexibility index (Phi) is 7.14. The number of nitrogens with zero attached hydrogens (tertiary/aromatic N) is 3. The Balaban J connectivity index is 1.01. The second-order valence-corrected chi connectivity index (χ2v) is 14.0. The van der Waals surface area contributed by atoms with Gasteiger partial charge in [0, 0.05) is 44.5 Å². The van der Waals surface area contributed by atoms with Crippen molar-refractivity contribution in [2.24, 2.45) is 0 Å². The third-order valence-electron chi connectivity index (χ3n) is 10.8. The minimum atomic E-state index is 0.607. The van der Waals surface area contributed by atoms with Gasteiger partial charge in [-0.3, -0.25) is 0 Å². The molecule has 2 aromatic heterocycles. The molecule has 11 aromatic rings. The van der Waals surface area contributed by atoms with E-state index in [-0.39, 0.29) is 0 Å². The summed E-state index contributed by atoms with van der Waals surface area (Å²) < 4.78 is 8.89. The van der Waals surface area contributed by atoms with E-state index >= 15 is 0 Å². The number of para-hydroxylation sites is 2. The van der Waals surface area contributed by atoms with Crippen LogP contribution in [0, 0.1) is 0 Å². The van der Waals surface area contributed by atoms with Gasteiger partial charge in [-0.25, -0.2) is 4.98 Å². The minimum Gasteiger partial charge on any atom is -0.435 e. The van der Waals surface area contributed by atoms with E-state index in [1.54, 1.807) is 0 Å². The van der Waals surface area contributed by atoms with Crippen LogP contribution in [0.1, 0.15) is 0 Å². The number of anilines is 3. The largest absolute Gasteiger partial charge is 0.435 e. The van der Waals surface area contributed by atoms with Crippen LogP contribution in [0.25, 0.3) is 82.7 Å². The van der Waals surface area contributed by atoms with Gasteiger partial charge in [0.15, 0.2) is 5.58 Å². The summed E-state index contributed by atoms with van der Waals surface area (Å²) in [7, 11) is 0. The lowest BCUT2D eigenvalue weighted by Gasteiger charge is -2.26. The molecule has 0 atom stereocenters. The molecule has 0 aliphatic heterocycles. The van der Waals surface area contributed by atoms with E-state index in [9.17, 15) is 0 Å². The van der Waals surface area contributed by atoms with Crippen molar-refractivity contribution in [3.63, 3.8) is 0 Å². The van der Waals surface area contributed by atoms with Gasteiger partial charge in [0.05, 0.1) is 11.0 Å². The molecule has 0 aliphatic rings. The third kappa shape index (κ3) is 5.19. The fourth-order valence-electron chi connectivity index (χ4n) is 8.20. The number of benzene rings is 9. The van der Waals surface area contributed by atoms with E-state index in [1.807, 2.05) is 0 Å². The van der Waals surface area contributed by atoms with Crippen LogP contribution < -0.4 is 4.90 Å². The van der Waals surface area contributed by atoms with Crippen molar-refractivity contribution in [2.75, 3.05) is 4.90 Å². The second-order valence-electron chi connectivity index (χ2n) is 14.0. The number of oxazole rings is 1. The summed E-state index contributed by atoms with van der Waals surface area (Å²) in [5, 5.41) is 7.17. The monoisotopic (exact) mass is 703 g/mol. The van der Waals surface area contributed by atoms with Gasteiger partial charge < -0.3 is 13.9 Å². The van der Waals surface area contributed by atoms with Crippen molar-refractivity contribution in [1.29, 1.82) is 0 Å². The number of fused-ring (bicyclic) bond motifs is 8. The Bertz CT molecular complexity index is 3140. The van der Waals surface area contributed by atoms with Crippen LogP contribution in [0.4, 0.5) is 17.1 Å². The van der Waals surface area contributed by atoms with E-state index in [0.29, 0.717) is 5.89 Å². The zero-order valence-electron chi connectivity index (χ0n) is 29.8. The zero-order chi connectivity index (χ0) is 36.3. The van der Waals surface area contributed by atoms with E-state index in [1.165, 1.54) is 43.5 Å². The molecule has 9 aromatic carbocycles. The van der Waals surface area contributed by atoms with Crippen molar-refractivity contribution in [3.05, 3.63) is 200 Å². The highest BCUT2D eigenvalue weighted by Crippen LogP contribution is 2.40.